The summed E-state index contributed by atoms with van der Waals surface area (Å²) in [4.78, 5) is 29.2. The summed E-state index contributed by atoms with van der Waals surface area (Å²) in [6.45, 7) is 3.63. The average Bonchev–Trinajstić information content (AvgIpc) is 2.40. The minimum absolute atomic E-state index is 0.805. The van der Waals surface area contributed by atoms with Crippen molar-refractivity contribution >= 4 is 12.2 Å². The van der Waals surface area contributed by atoms with Gasteiger partial charge in [0.15, 0.2) is 0 Å². The van der Waals surface area contributed by atoms with Gasteiger partial charge in [-0.05, 0) is 25.0 Å². The Hall–Kier alpha value is -2.54. The Morgan fingerprint density at radius 1 is 0.800 bits per heavy atom. The van der Waals surface area contributed by atoms with Crippen molar-refractivity contribution in [1.29, 1.82) is 0 Å². The molecule has 20 heavy (non-hydrogen) atoms. The topological polar surface area (TPSA) is 58.9 Å². The molecule has 0 bridgehead atoms. The summed E-state index contributed by atoms with van der Waals surface area (Å²) in [7, 11) is 0. The summed E-state index contributed by atoms with van der Waals surface area (Å²) in [5.41, 5.74) is 0.0121. The third kappa shape index (κ3) is 2.30. The van der Waals surface area contributed by atoms with Crippen LogP contribution in [-0.2, 0) is 9.59 Å². The fourth-order valence-corrected chi connectivity index (χ4v) is 2.42. The fraction of sp³-hybridized carbons (Fsp3) is 0.250. The smallest absolute Gasteiger partial charge is 0.211 e. The molecule has 100 valence electrons. The van der Waals surface area contributed by atoms with E-state index in [9.17, 15) is 9.59 Å². The van der Waals surface area contributed by atoms with Crippen LogP contribution in [0, 0.1) is 0 Å². The molecule has 2 unspecified atom stereocenters. The quantitative estimate of drug-likeness (QED) is 0.570. The van der Waals surface area contributed by atoms with Crippen molar-refractivity contribution in [2.45, 2.75) is 24.9 Å². The molecule has 0 aliphatic heterocycles. The Labute approximate surface area is 117 Å². The van der Waals surface area contributed by atoms with Gasteiger partial charge in [-0.15, -0.1) is 0 Å². The van der Waals surface area contributed by atoms with Crippen LogP contribution in [0.15, 0.2) is 69.7 Å². The van der Waals surface area contributed by atoms with E-state index in [1.54, 1.807) is 12.2 Å². The SMILES string of the molecule is CC1(N=C=O)C=CC=C/C1=C1/C=CC=CC1(C)N=C=O. The Morgan fingerprint density at radius 3 is 1.55 bits per heavy atom. The molecular formula is C16H14N2O2. The van der Waals surface area contributed by atoms with Crippen LogP contribution in [0.4, 0.5) is 0 Å². The van der Waals surface area contributed by atoms with Crippen molar-refractivity contribution in [3.8, 4) is 0 Å². The second-order valence-electron chi connectivity index (χ2n) is 4.97. The predicted molar refractivity (Wildman–Crippen MR) is 76.6 cm³/mol. The number of allylic oxidation sites excluding steroid dienone is 4. The lowest BCUT2D eigenvalue weighted by atomic mass is 9.77. The predicted octanol–water partition coefficient (Wildman–Crippen LogP) is 2.72. The maximum atomic E-state index is 10.7. The molecule has 0 amide bonds. The zero-order chi connectivity index (χ0) is 14.6. The van der Waals surface area contributed by atoms with Gasteiger partial charge in [0.1, 0.15) is 11.1 Å². The number of isocyanates is 2. The van der Waals surface area contributed by atoms with E-state index < -0.39 is 11.1 Å². The molecule has 2 rings (SSSR count). The third-order valence-corrected chi connectivity index (χ3v) is 3.53. The molecule has 0 aromatic rings. The molecule has 4 heteroatoms. The Morgan fingerprint density at radius 2 is 1.20 bits per heavy atom. The first kappa shape index (κ1) is 13.9. The summed E-state index contributed by atoms with van der Waals surface area (Å²) in [5.74, 6) is 0. The molecule has 2 atom stereocenters. The molecule has 0 fully saturated rings. The van der Waals surface area contributed by atoms with E-state index in [4.69, 9.17) is 0 Å². The first-order valence-corrected chi connectivity index (χ1v) is 6.21. The lowest BCUT2D eigenvalue weighted by Crippen LogP contribution is -2.31. The van der Waals surface area contributed by atoms with Crippen molar-refractivity contribution < 1.29 is 9.59 Å². The lowest BCUT2D eigenvalue weighted by Gasteiger charge is -2.32. The zero-order valence-corrected chi connectivity index (χ0v) is 11.3. The standard InChI is InChI=1S/C16H14N2O2/c1-15(17-11-19)9-5-3-7-13(15)14-8-4-6-10-16(14,2)18-12-20/h3-10H,1-2H3/b14-13+. The van der Waals surface area contributed by atoms with Crippen LogP contribution < -0.4 is 0 Å². The van der Waals surface area contributed by atoms with Crippen molar-refractivity contribution in [3.05, 3.63) is 59.8 Å². The van der Waals surface area contributed by atoms with Gasteiger partial charge in [0.05, 0.1) is 0 Å². The van der Waals surface area contributed by atoms with Gasteiger partial charge in [-0.1, -0.05) is 48.6 Å². The van der Waals surface area contributed by atoms with Gasteiger partial charge in [0.25, 0.3) is 0 Å². The lowest BCUT2D eigenvalue weighted by molar-refractivity contribution is 0.548. The van der Waals surface area contributed by atoms with Gasteiger partial charge in [-0.3, -0.25) is 0 Å². The van der Waals surface area contributed by atoms with Gasteiger partial charge in [0.2, 0.25) is 12.2 Å². The van der Waals surface area contributed by atoms with E-state index in [-0.39, 0.29) is 0 Å². The number of hydrogen-bond donors (Lipinski definition) is 0. The van der Waals surface area contributed by atoms with E-state index in [0.717, 1.165) is 11.1 Å². The second kappa shape index (κ2) is 5.22. The highest BCUT2D eigenvalue weighted by molar-refractivity contribution is 5.58. The summed E-state index contributed by atoms with van der Waals surface area (Å²) >= 11 is 0. The van der Waals surface area contributed by atoms with Gasteiger partial charge < -0.3 is 0 Å². The molecule has 0 aromatic heterocycles. The Kier molecular flexibility index (Phi) is 3.62. The molecule has 0 saturated heterocycles. The molecule has 0 aromatic carbocycles. The summed E-state index contributed by atoms with van der Waals surface area (Å²) < 4.78 is 0. The summed E-state index contributed by atoms with van der Waals surface area (Å²) in [6.07, 6.45) is 18.0. The third-order valence-electron chi connectivity index (χ3n) is 3.53. The maximum Gasteiger partial charge on any atom is 0.236 e. The highest BCUT2D eigenvalue weighted by Crippen LogP contribution is 2.38. The number of rotatable bonds is 2. The van der Waals surface area contributed by atoms with Crippen molar-refractivity contribution in [3.63, 3.8) is 0 Å². The van der Waals surface area contributed by atoms with Crippen LogP contribution >= 0.6 is 0 Å². The highest BCUT2D eigenvalue weighted by atomic mass is 16.1. The Balaban J connectivity index is 2.71. The van der Waals surface area contributed by atoms with Crippen LogP contribution in [0.3, 0.4) is 0 Å². The van der Waals surface area contributed by atoms with E-state index in [1.165, 1.54) is 0 Å². The van der Waals surface area contributed by atoms with Gasteiger partial charge in [-0.2, -0.15) is 9.98 Å². The minimum atomic E-state index is -0.805. The Bertz CT molecular complexity index is 611. The molecule has 0 saturated carbocycles. The van der Waals surface area contributed by atoms with Crippen LogP contribution in [-0.4, -0.2) is 23.2 Å². The average molecular weight is 266 g/mol. The van der Waals surface area contributed by atoms with E-state index in [0.29, 0.717) is 0 Å². The molecule has 0 N–H and O–H groups in total. The number of hydrogen-bond acceptors (Lipinski definition) is 4. The molecular weight excluding hydrogens is 252 g/mol. The van der Waals surface area contributed by atoms with E-state index >= 15 is 0 Å². The number of aliphatic imine (C=N–C) groups is 2. The van der Waals surface area contributed by atoms with Gasteiger partial charge in [-0.25, -0.2) is 9.59 Å². The fourth-order valence-electron chi connectivity index (χ4n) is 2.42. The van der Waals surface area contributed by atoms with Crippen LogP contribution in [0.1, 0.15) is 13.8 Å². The van der Waals surface area contributed by atoms with E-state index in [2.05, 4.69) is 9.98 Å². The first-order valence-electron chi connectivity index (χ1n) is 6.21. The molecule has 2 aliphatic rings. The summed E-state index contributed by atoms with van der Waals surface area (Å²) in [5, 5.41) is 0. The minimum Gasteiger partial charge on any atom is -0.211 e. The molecule has 4 nitrogen and oxygen atoms in total. The number of carbonyl (C=O) groups excluding carboxylic acids is 2. The molecule has 2 aliphatic carbocycles. The first-order chi connectivity index (χ1) is 9.56. The molecule has 0 radical (unpaired) electrons. The largest absolute Gasteiger partial charge is 0.236 e. The van der Waals surface area contributed by atoms with Crippen LogP contribution in [0.25, 0.3) is 0 Å². The summed E-state index contributed by atoms with van der Waals surface area (Å²) in [6, 6.07) is 0. The van der Waals surface area contributed by atoms with Crippen LogP contribution in [0.2, 0.25) is 0 Å². The zero-order valence-electron chi connectivity index (χ0n) is 11.3. The van der Waals surface area contributed by atoms with Crippen molar-refractivity contribution in [2.75, 3.05) is 0 Å². The van der Waals surface area contributed by atoms with Gasteiger partial charge >= 0.3 is 0 Å². The van der Waals surface area contributed by atoms with Crippen LogP contribution in [0.5, 0.6) is 0 Å². The van der Waals surface area contributed by atoms with Crippen molar-refractivity contribution in [1.82, 2.24) is 0 Å². The van der Waals surface area contributed by atoms with Gasteiger partial charge in [0, 0.05) is 0 Å². The monoisotopic (exact) mass is 266 g/mol. The van der Waals surface area contributed by atoms with E-state index in [1.807, 2.05) is 62.5 Å². The van der Waals surface area contributed by atoms with Crippen molar-refractivity contribution in [2.24, 2.45) is 9.98 Å². The normalized spacial score (nSPS) is 34.5. The number of nitrogens with zero attached hydrogens (tertiary/aromatic N) is 2. The second-order valence-corrected chi connectivity index (χ2v) is 4.97. The maximum absolute atomic E-state index is 10.7. The molecule has 0 spiro atoms. The highest BCUT2D eigenvalue weighted by Gasteiger charge is 2.35. The molecule has 0 heterocycles.